The van der Waals surface area contributed by atoms with E-state index in [9.17, 15) is 9.59 Å². The van der Waals surface area contributed by atoms with Crippen molar-refractivity contribution in [1.29, 1.82) is 0 Å². The van der Waals surface area contributed by atoms with Gasteiger partial charge in [-0.3, -0.25) is 14.6 Å². The fraction of sp³-hybridized carbons (Fsp3) is 0.421. The van der Waals surface area contributed by atoms with Crippen molar-refractivity contribution in [3.05, 3.63) is 42.5 Å². The van der Waals surface area contributed by atoms with Crippen LogP contribution in [0.3, 0.4) is 0 Å². The van der Waals surface area contributed by atoms with Crippen molar-refractivity contribution < 1.29 is 19.5 Å². The van der Waals surface area contributed by atoms with Gasteiger partial charge in [0.15, 0.2) is 5.95 Å². The molecule has 3 rings (SSSR count). The maximum absolute atomic E-state index is 12.5. The average molecular weight is 400 g/mol. The van der Waals surface area contributed by atoms with Gasteiger partial charge in [0.05, 0.1) is 12.5 Å². The topological polar surface area (TPSA) is 142 Å². The number of aromatic amines is 1. The van der Waals surface area contributed by atoms with E-state index in [0.29, 0.717) is 12.0 Å². The number of pyridine rings is 1. The number of aromatic nitrogens is 3. The average Bonchev–Trinajstić information content (AvgIpc) is 3.39. The molecule has 10 nitrogen and oxygen atoms in total. The van der Waals surface area contributed by atoms with Gasteiger partial charge >= 0.3 is 5.97 Å². The largest absolute Gasteiger partial charge is 0.481 e. The smallest absolute Gasteiger partial charge is 0.305 e. The van der Waals surface area contributed by atoms with Crippen LogP contribution in [0.4, 0.5) is 5.95 Å². The van der Waals surface area contributed by atoms with E-state index in [0.717, 1.165) is 31.8 Å². The second-order valence-electron chi connectivity index (χ2n) is 6.74. The Hall–Kier alpha value is -3.43. The Labute approximate surface area is 167 Å². The molecule has 0 spiro atoms. The highest BCUT2D eigenvalue weighted by Gasteiger charge is 2.28. The standard InChI is InChI=1S/C19H24N6O4/c26-17(27)11-15(13-4-3-6-20-12-13)24-18(28)16-10-14(29-25-16)5-1-2-7-21-19-22-8-9-23-19/h3-4,6,8-9,12,14-15H,1-2,5,7,10-11H2,(H,24,28)(H,26,27)(H2,21,22,23). The maximum atomic E-state index is 12.5. The third-order valence-electron chi connectivity index (χ3n) is 4.51. The first-order valence-electron chi connectivity index (χ1n) is 9.50. The number of amides is 1. The number of nitrogens with zero attached hydrogens (tertiary/aromatic N) is 3. The highest BCUT2D eigenvalue weighted by molar-refractivity contribution is 6.39. The minimum absolute atomic E-state index is 0.143. The molecular weight excluding hydrogens is 376 g/mol. The summed E-state index contributed by atoms with van der Waals surface area (Å²) in [5.41, 5.74) is 0.909. The predicted octanol–water partition coefficient (Wildman–Crippen LogP) is 1.86. The van der Waals surface area contributed by atoms with Crippen LogP contribution in [0.15, 0.2) is 42.1 Å². The molecule has 154 valence electrons. The number of nitrogens with one attached hydrogen (secondary N) is 3. The lowest BCUT2D eigenvalue weighted by Gasteiger charge is -2.16. The van der Waals surface area contributed by atoms with E-state index in [-0.39, 0.29) is 18.2 Å². The number of hydrogen-bond acceptors (Lipinski definition) is 7. The number of anilines is 1. The van der Waals surface area contributed by atoms with E-state index in [1.807, 2.05) is 0 Å². The second kappa shape index (κ2) is 10.2. The zero-order valence-corrected chi connectivity index (χ0v) is 15.9. The highest BCUT2D eigenvalue weighted by Crippen LogP contribution is 2.19. The molecular formula is C19H24N6O4. The first-order valence-corrected chi connectivity index (χ1v) is 9.50. The minimum atomic E-state index is -1.01. The predicted molar refractivity (Wildman–Crippen MR) is 105 cm³/mol. The van der Waals surface area contributed by atoms with Crippen LogP contribution in [0, 0.1) is 0 Å². The summed E-state index contributed by atoms with van der Waals surface area (Å²) in [7, 11) is 0. The van der Waals surface area contributed by atoms with E-state index < -0.39 is 17.9 Å². The first-order chi connectivity index (χ1) is 14.1. The molecule has 0 saturated heterocycles. The summed E-state index contributed by atoms with van der Waals surface area (Å²) in [5.74, 6) is -0.680. The van der Waals surface area contributed by atoms with Gasteiger partial charge in [-0.15, -0.1) is 0 Å². The lowest BCUT2D eigenvalue weighted by Crippen LogP contribution is -2.35. The minimum Gasteiger partial charge on any atom is -0.481 e. The van der Waals surface area contributed by atoms with Gasteiger partial charge in [-0.05, 0) is 30.9 Å². The van der Waals surface area contributed by atoms with Crippen LogP contribution in [0.2, 0.25) is 0 Å². The number of imidazole rings is 1. The molecule has 0 bridgehead atoms. The van der Waals surface area contributed by atoms with Crippen molar-refractivity contribution in [3.8, 4) is 0 Å². The molecule has 2 unspecified atom stereocenters. The lowest BCUT2D eigenvalue weighted by atomic mass is 10.0. The number of carbonyl (C=O) groups excluding carboxylic acids is 1. The highest BCUT2D eigenvalue weighted by atomic mass is 16.6. The Morgan fingerprint density at radius 3 is 2.97 bits per heavy atom. The number of carbonyl (C=O) groups is 2. The Morgan fingerprint density at radius 1 is 1.34 bits per heavy atom. The molecule has 0 aromatic carbocycles. The number of aliphatic carboxylic acids is 1. The number of unbranched alkanes of at least 4 members (excludes halogenated alkanes) is 1. The summed E-state index contributed by atoms with van der Waals surface area (Å²) in [5, 5.41) is 18.9. The SMILES string of the molecule is O=C(O)CC(NC(=O)C1=NOC(CCCCNc2ncc[nH]2)C1)c1cccnc1. The molecule has 2 aromatic heterocycles. The molecule has 29 heavy (non-hydrogen) atoms. The summed E-state index contributed by atoms with van der Waals surface area (Å²) in [6.45, 7) is 0.788. The van der Waals surface area contributed by atoms with Gasteiger partial charge in [0.1, 0.15) is 11.8 Å². The molecule has 4 N–H and O–H groups in total. The third kappa shape index (κ3) is 6.30. The number of carboxylic acids is 1. The van der Waals surface area contributed by atoms with Crippen molar-refractivity contribution in [2.75, 3.05) is 11.9 Å². The molecule has 1 aliphatic heterocycles. The first kappa shape index (κ1) is 20.3. The van der Waals surface area contributed by atoms with Crippen molar-refractivity contribution in [2.24, 2.45) is 5.16 Å². The number of rotatable bonds is 11. The van der Waals surface area contributed by atoms with Crippen LogP contribution >= 0.6 is 0 Å². The van der Waals surface area contributed by atoms with E-state index in [1.54, 1.807) is 36.9 Å². The van der Waals surface area contributed by atoms with Gasteiger partial charge in [-0.2, -0.15) is 0 Å². The van der Waals surface area contributed by atoms with Crippen LogP contribution in [-0.2, 0) is 14.4 Å². The van der Waals surface area contributed by atoms with E-state index in [1.165, 1.54) is 0 Å². The number of carboxylic acid groups (broad SMARTS) is 1. The Bertz CT molecular complexity index is 824. The third-order valence-corrected chi connectivity index (χ3v) is 4.51. The zero-order chi connectivity index (χ0) is 20.5. The summed E-state index contributed by atoms with van der Waals surface area (Å²) < 4.78 is 0. The van der Waals surface area contributed by atoms with Crippen molar-refractivity contribution in [1.82, 2.24) is 20.3 Å². The summed E-state index contributed by atoms with van der Waals surface area (Å²) in [4.78, 5) is 40.1. The summed E-state index contributed by atoms with van der Waals surface area (Å²) in [6.07, 6.45) is 9.23. The summed E-state index contributed by atoms with van der Waals surface area (Å²) >= 11 is 0. The summed E-state index contributed by atoms with van der Waals surface area (Å²) in [6, 6.07) is 2.75. The Morgan fingerprint density at radius 2 is 2.24 bits per heavy atom. The van der Waals surface area contributed by atoms with Gasteiger partial charge in [0.2, 0.25) is 0 Å². The molecule has 3 heterocycles. The quantitative estimate of drug-likeness (QED) is 0.422. The van der Waals surface area contributed by atoms with Gasteiger partial charge in [0, 0.05) is 37.8 Å². The molecule has 1 aliphatic rings. The van der Waals surface area contributed by atoms with Crippen LogP contribution in [0.25, 0.3) is 0 Å². The molecule has 0 fully saturated rings. The van der Waals surface area contributed by atoms with Crippen molar-refractivity contribution in [2.45, 2.75) is 44.2 Å². The molecule has 2 atom stereocenters. The monoisotopic (exact) mass is 400 g/mol. The number of H-pyrrole nitrogens is 1. The normalized spacial score (nSPS) is 16.6. The molecule has 10 heteroatoms. The fourth-order valence-corrected chi connectivity index (χ4v) is 3.03. The molecule has 0 saturated carbocycles. The van der Waals surface area contributed by atoms with Crippen LogP contribution < -0.4 is 10.6 Å². The van der Waals surface area contributed by atoms with Crippen molar-refractivity contribution in [3.63, 3.8) is 0 Å². The molecule has 0 aliphatic carbocycles. The second-order valence-corrected chi connectivity index (χ2v) is 6.74. The van der Waals surface area contributed by atoms with Gasteiger partial charge in [-0.1, -0.05) is 11.2 Å². The van der Waals surface area contributed by atoms with Gasteiger partial charge < -0.3 is 25.6 Å². The van der Waals surface area contributed by atoms with Crippen molar-refractivity contribution >= 4 is 23.5 Å². The number of oxime groups is 1. The molecule has 2 aromatic rings. The van der Waals surface area contributed by atoms with Gasteiger partial charge in [0.25, 0.3) is 5.91 Å². The van der Waals surface area contributed by atoms with Crippen LogP contribution in [-0.4, -0.2) is 50.3 Å². The van der Waals surface area contributed by atoms with E-state index in [4.69, 9.17) is 9.94 Å². The van der Waals surface area contributed by atoms with Crippen LogP contribution in [0.1, 0.15) is 43.7 Å². The lowest BCUT2D eigenvalue weighted by molar-refractivity contribution is -0.137. The molecule has 0 radical (unpaired) electrons. The van der Waals surface area contributed by atoms with Crippen LogP contribution in [0.5, 0.6) is 0 Å². The Kier molecular flexibility index (Phi) is 7.15. The number of hydrogen-bond donors (Lipinski definition) is 4. The van der Waals surface area contributed by atoms with E-state index in [2.05, 4.69) is 30.7 Å². The van der Waals surface area contributed by atoms with E-state index >= 15 is 0 Å². The zero-order valence-electron chi connectivity index (χ0n) is 15.9. The fourth-order valence-electron chi connectivity index (χ4n) is 3.03. The van der Waals surface area contributed by atoms with Gasteiger partial charge in [-0.25, -0.2) is 4.98 Å². The Balaban J connectivity index is 1.41. The molecule has 1 amide bonds. The maximum Gasteiger partial charge on any atom is 0.305 e.